The second-order valence-corrected chi connectivity index (χ2v) is 4.87. The highest BCUT2D eigenvalue weighted by Crippen LogP contribution is 2.30. The largest absolute Gasteiger partial charge is 0.492 e. The lowest BCUT2D eigenvalue weighted by molar-refractivity contribution is -0.137. The SMILES string of the molecule is CN=C(NCCOc1ccc(C(F)(F)F)cc1)NC(C)COC. The van der Waals surface area contributed by atoms with Gasteiger partial charge in [-0.3, -0.25) is 4.99 Å². The first-order valence-electron chi connectivity index (χ1n) is 7.13. The third-order valence-electron chi connectivity index (χ3n) is 2.87. The van der Waals surface area contributed by atoms with E-state index in [0.29, 0.717) is 31.5 Å². The minimum atomic E-state index is -4.34. The van der Waals surface area contributed by atoms with Gasteiger partial charge in [-0.05, 0) is 31.2 Å². The summed E-state index contributed by atoms with van der Waals surface area (Å²) in [6.07, 6.45) is -4.34. The Balaban J connectivity index is 2.33. The van der Waals surface area contributed by atoms with Crippen LogP contribution in [-0.2, 0) is 10.9 Å². The topological polar surface area (TPSA) is 54.9 Å². The van der Waals surface area contributed by atoms with Crippen molar-refractivity contribution in [1.82, 2.24) is 10.6 Å². The summed E-state index contributed by atoms with van der Waals surface area (Å²) in [5, 5.41) is 6.17. The van der Waals surface area contributed by atoms with Crippen LogP contribution in [-0.4, -0.2) is 45.9 Å². The third-order valence-corrected chi connectivity index (χ3v) is 2.87. The summed E-state index contributed by atoms with van der Waals surface area (Å²) in [7, 11) is 3.26. The van der Waals surface area contributed by atoms with Crippen molar-refractivity contribution in [2.24, 2.45) is 4.99 Å². The van der Waals surface area contributed by atoms with Gasteiger partial charge in [-0.1, -0.05) is 0 Å². The lowest BCUT2D eigenvalue weighted by atomic mass is 10.2. The first-order chi connectivity index (χ1) is 10.9. The highest BCUT2D eigenvalue weighted by atomic mass is 19.4. The van der Waals surface area contributed by atoms with Crippen molar-refractivity contribution in [2.45, 2.75) is 19.1 Å². The van der Waals surface area contributed by atoms with Gasteiger partial charge in [0.1, 0.15) is 12.4 Å². The monoisotopic (exact) mass is 333 g/mol. The molecule has 1 atom stereocenters. The molecule has 0 aliphatic heterocycles. The van der Waals surface area contributed by atoms with Crippen molar-refractivity contribution in [2.75, 3.05) is 33.9 Å². The zero-order valence-electron chi connectivity index (χ0n) is 13.4. The molecule has 0 aromatic heterocycles. The van der Waals surface area contributed by atoms with Crippen molar-refractivity contribution in [3.05, 3.63) is 29.8 Å². The Kier molecular flexibility index (Phi) is 7.67. The Morgan fingerprint density at radius 3 is 2.43 bits per heavy atom. The highest BCUT2D eigenvalue weighted by Gasteiger charge is 2.29. The van der Waals surface area contributed by atoms with E-state index in [1.807, 2.05) is 6.92 Å². The van der Waals surface area contributed by atoms with E-state index in [1.165, 1.54) is 12.1 Å². The van der Waals surface area contributed by atoms with Gasteiger partial charge in [0.2, 0.25) is 0 Å². The van der Waals surface area contributed by atoms with Crippen LogP contribution < -0.4 is 15.4 Å². The van der Waals surface area contributed by atoms with Gasteiger partial charge in [-0.25, -0.2) is 0 Å². The Bertz CT molecular complexity index is 490. The van der Waals surface area contributed by atoms with Crippen LogP contribution >= 0.6 is 0 Å². The predicted octanol–water partition coefficient (Wildman–Crippen LogP) is 2.28. The van der Waals surface area contributed by atoms with Crippen molar-refractivity contribution >= 4 is 5.96 Å². The number of halogens is 3. The second kappa shape index (κ2) is 9.24. The lowest BCUT2D eigenvalue weighted by Gasteiger charge is -2.17. The molecule has 0 bridgehead atoms. The molecule has 1 aromatic rings. The minimum Gasteiger partial charge on any atom is -0.492 e. The molecule has 0 saturated heterocycles. The molecule has 0 aliphatic carbocycles. The number of rotatable bonds is 7. The number of aliphatic imine (C=N–C) groups is 1. The van der Waals surface area contributed by atoms with E-state index in [2.05, 4.69) is 15.6 Å². The number of hydrogen-bond acceptors (Lipinski definition) is 3. The number of nitrogens with zero attached hydrogens (tertiary/aromatic N) is 1. The minimum absolute atomic E-state index is 0.0991. The van der Waals surface area contributed by atoms with E-state index in [4.69, 9.17) is 9.47 Å². The molecule has 1 unspecified atom stereocenters. The fourth-order valence-corrected chi connectivity index (χ4v) is 1.80. The summed E-state index contributed by atoms with van der Waals surface area (Å²) in [4.78, 5) is 4.05. The summed E-state index contributed by atoms with van der Waals surface area (Å²) < 4.78 is 47.7. The number of methoxy groups -OCH3 is 1. The maximum atomic E-state index is 12.4. The summed E-state index contributed by atoms with van der Waals surface area (Å²) in [6, 6.07) is 4.69. The van der Waals surface area contributed by atoms with Crippen molar-refractivity contribution in [1.29, 1.82) is 0 Å². The van der Waals surface area contributed by atoms with Gasteiger partial charge in [-0.2, -0.15) is 13.2 Å². The fraction of sp³-hybridized carbons (Fsp3) is 0.533. The van der Waals surface area contributed by atoms with Crippen LogP contribution in [0.15, 0.2) is 29.3 Å². The molecule has 130 valence electrons. The molecule has 0 aliphatic rings. The molecule has 0 fully saturated rings. The Labute approximate surface area is 133 Å². The van der Waals surface area contributed by atoms with Gasteiger partial charge >= 0.3 is 6.18 Å². The average Bonchev–Trinajstić information content (AvgIpc) is 2.50. The summed E-state index contributed by atoms with van der Waals surface area (Å²) >= 11 is 0. The highest BCUT2D eigenvalue weighted by molar-refractivity contribution is 5.79. The van der Waals surface area contributed by atoms with E-state index >= 15 is 0 Å². The zero-order valence-corrected chi connectivity index (χ0v) is 13.4. The Hall–Kier alpha value is -1.96. The second-order valence-electron chi connectivity index (χ2n) is 4.87. The van der Waals surface area contributed by atoms with E-state index in [9.17, 15) is 13.2 Å². The lowest BCUT2D eigenvalue weighted by Crippen LogP contribution is -2.45. The van der Waals surface area contributed by atoms with E-state index in [0.717, 1.165) is 12.1 Å². The van der Waals surface area contributed by atoms with Gasteiger partial charge in [-0.15, -0.1) is 0 Å². The molecular weight excluding hydrogens is 311 g/mol. The number of guanidine groups is 1. The van der Waals surface area contributed by atoms with Gasteiger partial charge in [0.25, 0.3) is 0 Å². The number of nitrogens with one attached hydrogen (secondary N) is 2. The summed E-state index contributed by atoms with van der Waals surface area (Å²) in [6.45, 7) is 3.25. The van der Waals surface area contributed by atoms with Crippen molar-refractivity contribution in [3.8, 4) is 5.75 Å². The zero-order chi connectivity index (χ0) is 17.3. The average molecular weight is 333 g/mol. The normalized spacial score (nSPS) is 13.6. The molecule has 1 rings (SSSR count). The standard InChI is InChI=1S/C15H22F3N3O2/c1-11(10-22-3)21-14(19-2)20-8-9-23-13-6-4-12(5-7-13)15(16,17)18/h4-7,11H,8-10H2,1-3H3,(H2,19,20,21). The first kappa shape index (κ1) is 19.1. The van der Waals surface area contributed by atoms with Gasteiger partial charge in [0.05, 0.1) is 18.7 Å². The molecule has 0 spiro atoms. The molecule has 8 heteroatoms. The molecule has 2 N–H and O–H groups in total. The predicted molar refractivity (Wildman–Crippen MR) is 82.8 cm³/mol. The number of hydrogen-bond donors (Lipinski definition) is 2. The van der Waals surface area contributed by atoms with Crippen LogP contribution in [0.1, 0.15) is 12.5 Å². The quantitative estimate of drug-likeness (QED) is 0.457. The molecule has 23 heavy (non-hydrogen) atoms. The van der Waals surface area contributed by atoms with Crippen molar-refractivity contribution < 1.29 is 22.6 Å². The van der Waals surface area contributed by atoms with E-state index in [1.54, 1.807) is 14.2 Å². The first-order valence-corrected chi connectivity index (χ1v) is 7.13. The third kappa shape index (κ3) is 7.23. The van der Waals surface area contributed by atoms with Gasteiger partial charge in [0.15, 0.2) is 5.96 Å². The number of benzene rings is 1. The van der Waals surface area contributed by atoms with Crippen LogP contribution in [0.25, 0.3) is 0 Å². The van der Waals surface area contributed by atoms with Crippen LogP contribution in [0.4, 0.5) is 13.2 Å². The fourth-order valence-electron chi connectivity index (χ4n) is 1.80. The smallest absolute Gasteiger partial charge is 0.416 e. The van der Waals surface area contributed by atoms with Gasteiger partial charge < -0.3 is 20.1 Å². The molecular formula is C15H22F3N3O2. The molecule has 0 saturated carbocycles. The maximum Gasteiger partial charge on any atom is 0.416 e. The summed E-state index contributed by atoms with van der Waals surface area (Å²) in [5.74, 6) is 0.987. The van der Waals surface area contributed by atoms with Crippen LogP contribution in [0.5, 0.6) is 5.75 Å². The van der Waals surface area contributed by atoms with Crippen LogP contribution in [0, 0.1) is 0 Å². The molecule has 1 aromatic carbocycles. The maximum absolute atomic E-state index is 12.4. The Morgan fingerprint density at radius 1 is 1.26 bits per heavy atom. The van der Waals surface area contributed by atoms with E-state index in [-0.39, 0.29) is 6.04 Å². The summed E-state index contributed by atoms with van der Waals surface area (Å²) in [5.41, 5.74) is -0.695. The van der Waals surface area contributed by atoms with E-state index < -0.39 is 11.7 Å². The van der Waals surface area contributed by atoms with Crippen molar-refractivity contribution in [3.63, 3.8) is 0 Å². The molecule has 5 nitrogen and oxygen atoms in total. The van der Waals surface area contributed by atoms with Crippen LogP contribution in [0.3, 0.4) is 0 Å². The molecule has 0 amide bonds. The molecule has 0 radical (unpaired) electrons. The number of alkyl halides is 3. The van der Waals surface area contributed by atoms with Gasteiger partial charge in [0, 0.05) is 20.2 Å². The van der Waals surface area contributed by atoms with Crippen LogP contribution in [0.2, 0.25) is 0 Å². The molecule has 0 heterocycles. The Morgan fingerprint density at radius 2 is 1.91 bits per heavy atom. The number of ether oxygens (including phenoxy) is 2.